The average Bonchev–Trinajstić information content (AvgIpc) is 2.40. The molecule has 2 fully saturated rings. The van der Waals surface area contributed by atoms with Crippen molar-refractivity contribution in [3.05, 3.63) is 0 Å². The highest BCUT2D eigenvalue weighted by Crippen LogP contribution is 2.23. The van der Waals surface area contributed by atoms with Crippen molar-refractivity contribution in [1.29, 1.82) is 0 Å². The number of hydrogen-bond acceptors (Lipinski definition) is 2. The van der Waals surface area contributed by atoms with E-state index < -0.39 is 0 Å². The first-order chi connectivity index (χ1) is 8.86. The summed E-state index contributed by atoms with van der Waals surface area (Å²) in [7, 11) is 0. The number of rotatable bonds is 6. The second-order valence-electron chi connectivity index (χ2n) is 5.80. The Kier molecular flexibility index (Phi) is 10.1. The minimum Gasteiger partial charge on any atom is -0.310 e. The Balaban J connectivity index is 0.000000180. The van der Waals surface area contributed by atoms with E-state index in [0.717, 1.165) is 12.1 Å². The van der Waals surface area contributed by atoms with Crippen LogP contribution in [0.25, 0.3) is 0 Å². The van der Waals surface area contributed by atoms with Crippen LogP contribution in [-0.4, -0.2) is 23.6 Å². The lowest BCUT2D eigenvalue weighted by Crippen LogP contribution is -2.48. The predicted molar refractivity (Wildman–Crippen MR) is 85.6 cm³/mol. The van der Waals surface area contributed by atoms with Crippen LogP contribution in [-0.2, 0) is 0 Å². The van der Waals surface area contributed by atoms with Gasteiger partial charge in [0.05, 0.1) is 0 Å². The maximum Gasteiger partial charge on any atom is 0.0161 e. The fourth-order valence-corrected chi connectivity index (χ4v) is 3.99. The van der Waals surface area contributed by atoms with Crippen LogP contribution in [0.2, 0.25) is 0 Å². The first-order valence-corrected chi connectivity index (χ1v) is 9.36. The standard InChI is InChI=1S/C9H20.C7H13NS/c1-3-5-7-9-8-6-4-2;1-2-6-4-9-5-7(3-1)8-6/h3-9H2,1-2H3;6-8H,1-5H2. The maximum atomic E-state index is 3.63. The lowest BCUT2D eigenvalue weighted by Gasteiger charge is -2.35. The predicted octanol–water partition coefficient (Wildman–Crippen LogP) is 5.00. The summed E-state index contributed by atoms with van der Waals surface area (Å²) in [6, 6.07) is 1.73. The minimum atomic E-state index is 0.863. The van der Waals surface area contributed by atoms with E-state index in [2.05, 4.69) is 30.9 Å². The number of piperidine rings is 1. The highest BCUT2D eigenvalue weighted by atomic mass is 32.2. The summed E-state index contributed by atoms with van der Waals surface area (Å²) in [6.45, 7) is 4.53. The molecule has 1 nitrogen and oxygen atoms in total. The molecule has 18 heavy (non-hydrogen) atoms. The average molecular weight is 272 g/mol. The molecule has 0 aliphatic carbocycles. The second-order valence-corrected chi connectivity index (χ2v) is 6.87. The van der Waals surface area contributed by atoms with E-state index in [1.165, 1.54) is 75.7 Å². The SMILES string of the molecule is C1CC2CSCC(C1)N2.CCCCCCCCC. The van der Waals surface area contributed by atoms with Crippen LogP contribution < -0.4 is 5.32 Å². The number of hydrogen-bond donors (Lipinski definition) is 1. The van der Waals surface area contributed by atoms with Crippen LogP contribution in [0.5, 0.6) is 0 Å². The molecule has 2 heteroatoms. The summed E-state index contributed by atoms with van der Waals surface area (Å²) >= 11 is 2.12. The number of nitrogens with one attached hydrogen (secondary N) is 1. The van der Waals surface area contributed by atoms with Crippen molar-refractivity contribution >= 4 is 11.8 Å². The molecule has 0 saturated carbocycles. The highest BCUT2D eigenvalue weighted by molar-refractivity contribution is 7.99. The molecule has 108 valence electrons. The Labute approximate surface area is 119 Å². The Morgan fingerprint density at radius 1 is 0.833 bits per heavy atom. The van der Waals surface area contributed by atoms with Crippen molar-refractivity contribution in [3.8, 4) is 0 Å². The molecule has 2 rings (SSSR count). The third-order valence-electron chi connectivity index (χ3n) is 3.92. The van der Waals surface area contributed by atoms with E-state index in [-0.39, 0.29) is 0 Å². The molecule has 2 bridgehead atoms. The summed E-state index contributed by atoms with van der Waals surface area (Å²) < 4.78 is 0. The lowest BCUT2D eigenvalue weighted by atomic mass is 10.0. The van der Waals surface area contributed by atoms with Gasteiger partial charge < -0.3 is 5.32 Å². The molecule has 0 radical (unpaired) electrons. The molecular weight excluding hydrogens is 238 g/mol. The first-order valence-electron chi connectivity index (χ1n) is 8.20. The monoisotopic (exact) mass is 271 g/mol. The molecule has 2 unspecified atom stereocenters. The Morgan fingerprint density at radius 3 is 1.78 bits per heavy atom. The van der Waals surface area contributed by atoms with Crippen molar-refractivity contribution in [2.45, 2.75) is 90.1 Å². The van der Waals surface area contributed by atoms with Crippen molar-refractivity contribution in [2.75, 3.05) is 11.5 Å². The molecule has 2 atom stereocenters. The summed E-state index contributed by atoms with van der Waals surface area (Å²) in [5.74, 6) is 2.72. The minimum absolute atomic E-state index is 0.863. The fraction of sp³-hybridized carbons (Fsp3) is 1.00. The summed E-state index contributed by atoms with van der Waals surface area (Å²) in [4.78, 5) is 0. The Morgan fingerprint density at radius 2 is 1.33 bits per heavy atom. The van der Waals surface area contributed by atoms with Gasteiger partial charge in [-0.25, -0.2) is 0 Å². The molecule has 0 aromatic heterocycles. The molecule has 0 aromatic carbocycles. The van der Waals surface area contributed by atoms with E-state index in [9.17, 15) is 0 Å². The third-order valence-corrected chi connectivity index (χ3v) is 5.20. The van der Waals surface area contributed by atoms with E-state index in [1.807, 2.05) is 0 Å². The van der Waals surface area contributed by atoms with Gasteiger partial charge in [-0.05, 0) is 12.8 Å². The molecule has 2 aliphatic heterocycles. The van der Waals surface area contributed by atoms with Crippen LogP contribution in [0.4, 0.5) is 0 Å². The van der Waals surface area contributed by atoms with Crippen molar-refractivity contribution in [3.63, 3.8) is 0 Å². The highest BCUT2D eigenvalue weighted by Gasteiger charge is 2.24. The smallest absolute Gasteiger partial charge is 0.0161 e. The lowest BCUT2D eigenvalue weighted by molar-refractivity contribution is 0.350. The van der Waals surface area contributed by atoms with Gasteiger partial charge in [-0.15, -0.1) is 0 Å². The number of thioether (sulfide) groups is 1. The number of fused-ring (bicyclic) bond motifs is 2. The topological polar surface area (TPSA) is 12.0 Å². The molecule has 1 N–H and O–H groups in total. The quantitative estimate of drug-likeness (QED) is 0.682. The van der Waals surface area contributed by atoms with Crippen molar-refractivity contribution in [2.24, 2.45) is 0 Å². The molecular formula is C16H33NS. The van der Waals surface area contributed by atoms with Crippen LogP contribution in [0.15, 0.2) is 0 Å². The van der Waals surface area contributed by atoms with Crippen LogP contribution in [0.3, 0.4) is 0 Å². The molecule has 0 amide bonds. The van der Waals surface area contributed by atoms with E-state index in [1.54, 1.807) is 0 Å². The number of unbranched alkanes of at least 4 members (excludes halogenated alkanes) is 6. The van der Waals surface area contributed by atoms with Gasteiger partial charge in [0.1, 0.15) is 0 Å². The molecule has 0 aromatic rings. The van der Waals surface area contributed by atoms with Crippen LogP contribution >= 0.6 is 11.8 Å². The summed E-state index contributed by atoms with van der Waals surface area (Å²) in [5.41, 5.74) is 0. The van der Waals surface area contributed by atoms with Gasteiger partial charge in [-0.2, -0.15) is 11.8 Å². The van der Waals surface area contributed by atoms with Crippen LogP contribution in [0.1, 0.15) is 78.1 Å². The fourth-order valence-electron chi connectivity index (χ4n) is 2.76. The zero-order valence-electron chi connectivity index (χ0n) is 12.5. The van der Waals surface area contributed by atoms with Crippen molar-refractivity contribution in [1.82, 2.24) is 5.32 Å². The molecule has 0 spiro atoms. The van der Waals surface area contributed by atoms with Crippen molar-refractivity contribution < 1.29 is 0 Å². The van der Waals surface area contributed by atoms with Gasteiger partial charge in [0.2, 0.25) is 0 Å². The second kappa shape index (κ2) is 11.2. The maximum absolute atomic E-state index is 3.63. The molecule has 2 saturated heterocycles. The normalized spacial score (nSPS) is 26.3. The van der Waals surface area contributed by atoms with Crippen LogP contribution in [0, 0.1) is 0 Å². The van der Waals surface area contributed by atoms with Gasteiger partial charge in [-0.3, -0.25) is 0 Å². The van der Waals surface area contributed by atoms with Gasteiger partial charge in [-0.1, -0.05) is 65.2 Å². The summed E-state index contributed by atoms with van der Waals surface area (Å²) in [6.07, 6.45) is 14.3. The van der Waals surface area contributed by atoms with E-state index in [0.29, 0.717) is 0 Å². The first kappa shape index (κ1) is 16.4. The van der Waals surface area contributed by atoms with E-state index in [4.69, 9.17) is 0 Å². The molecule has 2 aliphatic rings. The van der Waals surface area contributed by atoms with Gasteiger partial charge in [0.15, 0.2) is 0 Å². The van der Waals surface area contributed by atoms with Gasteiger partial charge >= 0.3 is 0 Å². The van der Waals surface area contributed by atoms with Gasteiger partial charge in [0.25, 0.3) is 0 Å². The summed E-state index contributed by atoms with van der Waals surface area (Å²) in [5, 5.41) is 3.63. The van der Waals surface area contributed by atoms with E-state index >= 15 is 0 Å². The molecule has 2 heterocycles. The zero-order chi connectivity index (χ0) is 13.1. The Hall–Kier alpha value is 0.310. The third kappa shape index (κ3) is 7.68. The van der Waals surface area contributed by atoms with Gasteiger partial charge in [0, 0.05) is 23.6 Å². The Bertz CT molecular complexity index is 158. The largest absolute Gasteiger partial charge is 0.310 e. The zero-order valence-corrected chi connectivity index (χ0v) is 13.4.